The molecule has 0 saturated heterocycles. The van der Waals surface area contributed by atoms with Gasteiger partial charge in [0.05, 0.1) is 5.25 Å². The van der Waals surface area contributed by atoms with Gasteiger partial charge in [-0.2, -0.15) is 4.72 Å². The van der Waals surface area contributed by atoms with Crippen molar-refractivity contribution in [2.45, 2.75) is 62.7 Å². The Balaban J connectivity index is 2.12. The molecule has 2 aliphatic carbocycles. The second-order valence-corrected chi connectivity index (χ2v) is 7.65. The molecule has 2 N–H and O–H groups in total. The minimum Gasteiger partial charge on any atom is -0.480 e. The van der Waals surface area contributed by atoms with Gasteiger partial charge in [-0.25, -0.2) is 8.42 Å². The molecule has 0 spiro atoms. The first-order valence-electron chi connectivity index (χ1n) is 6.62. The summed E-state index contributed by atoms with van der Waals surface area (Å²) in [6.45, 7) is 1.49. The molecule has 0 aromatic heterocycles. The van der Waals surface area contributed by atoms with Crippen LogP contribution < -0.4 is 4.72 Å². The fourth-order valence-electron chi connectivity index (χ4n) is 2.72. The van der Waals surface area contributed by atoms with Crippen molar-refractivity contribution in [1.82, 2.24) is 4.72 Å². The molecule has 0 radical (unpaired) electrons. The lowest BCUT2D eigenvalue weighted by Gasteiger charge is -2.30. The normalized spacial score (nSPS) is 25.6. The van der Waals surface area contributed by atoms with Gasteiger partial charge in [-0.15, -0.1) is 0 Å². The number of rotatable bonds is 5. The molecule has 0 aromatic carbocycles. The number of carboxylic acids is 1. The van der Waals surface area contributed by atoms with Gasteiger partial charge in [-0.3, -0.25) is 4.79 Å². The van der Waals surface area contributed by atoms with Gasteiger partial charge >= 0.3 is 5.97 Å². The minimum atomic E-state index is -3.52. The Morgan fingerprint density at radius 1 is 1.17 bits per heavy atom. The van der Waals surface area contributed by atoms with E-state index in [0.717, 1.165) is 32.1 Å². The highest BCUT2D eigenvalue weighted by molar-refractivity contribution is 7.90. The van der Waals surface area contributed by atoms with Gasteiger partial charge in [0.15, 0.2) is 0 Å². The van der Waals surface area contributed by atoms with Crippen LogP contribution in [0.15, 0.2) is 0 Å². The minimum absolute atomic E-state index is 0.0617. The number of aliphatic carboxylic acids is 1. The molecular formula is C12H21NO4S. The molecule has 0 aliphatic heterocycles. The van der Waals surface area contributed by atoms with Crippen LogP contribution in [-0.2, 0) is 14.8 Å². The van der Waals surface area contributed by atoms with E-state index in [1.54, 1.807) is 0 Å². The lowest BCUT2D eigenvalue weighted by molar-refractivity contribution is -0.144. The summed E-state index contributed by atoms with van der Waals surface area (Å²) < 4.78 is 27.0. The summed E-state index contributed by atoms with van der Waals surface area (Å²) in [7, 11) is -3.52. The lowest BCUT2D eigenvalue weighted by atomic mass is 9.98. The molecule has 0 aromatic rings. The van der Waals surface area contributed by atoms with Crippen LogP contribution in [0.5, 0.6) is 0 Å². The number of carboxylic acid groups (broad SMARTS) is 1. The molecule has 2 rings (SSSR count). The van der Waals surface area contributed by atoms with E-state index in [-0.39, 0.29) is 5.92 Å². The van der Waals surface area contributed by atoms with E-state index in [9.17, 15) is 18.3 Å². The number of hydrogen-bond acceptors (Lipinski definition) is 3. The molecule has 2 aliphatic rings. The molecule has 1 unspecified atom stereocenters. The van der Waals surface area contributed by atoms with E-state index in [4.69, 9.17) is 0 Å². The van der Waals surface area contributed by atoms with Crippen LogP contribution in [0.4, 0.5) is 0 Å². The quantitative estimate of drug-likeness (QED) is 0.796. The van der Waals surface area contributed by atoms with Crippen LogP contribution in [-0.4, -0.2) is 30.3 Å². The first-order chi connectivity index (χ1) is 8.36. The van der Waals surface area contributed by atoms with Gasteiger partial charge in [0, 0.05) is 0 Å². The van der Waals surface area contributed by atoms with Crippen molar-refractivity contribution in [2.24, 2.45) is 5.92 Å². The fourth-order valence-corrected chi connectivity index (χ4v) is 4.68. The van der Waals surface area contributed by atoms with Gasteiger partial charge < -0.3 is 5.11 Å². The van der Waals surface area contributed by atoms with Crippen molar-refractivity contribution in [3.05, 3.63) is 0 Å². The van der Waals surface area contributed by atoms with E-state index < -0.39 is 26.8 Å². The molecule has 1 atom stereocenters. The van der Waals surface area contributed by atoms with Gasteiger partial charge in [-0.1, -0.05) is 19.3 Å². The Hall–Kier alpha value is -0.620. The second kappa shape index (κ2) is 4.81. The Morgan fingerprint density at radius 3 is 2.17 bits per heavy atom. The van der Waals surface area contributed by atoms with Gasteiger partial charge in [0.2, 0.25) is 10.0 Å². The first-order valence-corrected chi connectivity index (χ1v) is 8.17. The molecule has 104 valence electrons. The van der Waals surface area contributed by atoms with Crippen molar-refractivity contribution in [2.75, 3.05) is 0 Å². The fraction of sp³-hybridized carbons (Fsp3) is 0.917. The SMILES string of the molecule is CC(NS(=O)(=O)C1CCCCC1)(C(=O)O)C1CC1. The van der Waals surface area contributed by atoms with Gasteiger partial charge in [0.25, 0.3) is 0 Å². The van der Waals surface area contributed by atoms with E-state index in [1.807, 2.05) is 0 Å². The Labute approximate surface area is 108 Å². The lowest BCUT2D eigenvalue weighted by Crippen LogP contribution is -2.56. The highest BCUT2D eigenvalue weighted by Crippen LogP contribution is 2.40. The third kappa shape index (κ3) is 2.69. The number of carbonyl (C=O) groups is 1. The average Bonchev–Trinajstić information content (AvgIpc) is 3.13. The molecule has 0 heterocycles. The molecule has 0 amide bonds. The molecular weight excluding hydrogens is 254 g/mol. The third-order valence-electron chi connectivity index (χ3n) is 4.18. The largest absolute Gasteiger partial charge is 0.480 e. The maximum absolute atomic E-state index is 12.3. The predicted molar refractivity (Wildman–Crippen MR) is 67.7 cm³/mol. The van der Waals surface area contributed by atoms with E-state index in [0.29, 0.717) is 12.8 Å². The summed E-state index contributed by atoms with van der Waals surface area (Å²) in [6, 6.07) is 0. The van der Waals surface area contributed by atoms with Crippen LogP contribution in [0, 0.1) is 5.92 Å². The second-order valence-electron chi connectivity index (χ2n) is 5.69. The summed E-state index contributed by atoms with van der Waals surface area (Å²) in [4.78, 5) is 11.3. The van der Waals surface area contributed by atoms with E-state index in [1.165, 1.54) is 6.92 Å². The van der Waals surface area contributed by atoms with E-state index >= 15 is 0 Å². The summed E-state index contributed by atoms with van der Waals surface area (Å²) in [5.74, 6) is -1.13. The highest BCUT2D eigenvalue weighted by atomic mass is 32.2. The van der Waals surface area contributed by atoms with Crippen molar-refractivity contribution < 1.29 is 18.3 Å². The monoisotopic (exact) mass is 275 g/mol. The first kappa shape index (κ1) is 13.8. The summed E-state index contributed by atoms with van der Waals surface area (Å²) in [5, 5.41) is 8.86. The summed E-state index contributed by atoms with van der Waals surface area (Å²) in [6.07, 6.45) is 5.78. The third-order valence-corrected chi connectivity index (χ3v) is 6.24. The van der Waals surface area contributed by atoms with Crippen LogP contribution in [0.1, 0.15) is 51.9 Å². The highest BCUT2D eigenvalue weighted by Gasteiger charge is 2.50. The molecule has 2 saturated carbocycles. The Kier molecular flexibility index (Phi) is 3.69. The summed E-state index contributed by atoms with van der Waals surface area (Å²) in [5.41, 5.74) is -1.32. The van der Waals surface area contributed by atoms with E-state index in [2.05, 4.69) is 4.72 Å². The van der Waals surface area contributed by atoms with Gasteiger partial charge in [0.1, 0.15) is 5.54 Å². The number of hydrogen-bond donors (Lipinski definition) is 2. The molecule has 6 heteroatoms. The average molecular weight is 275 g/mol. The molecule has 0 bridgehead atoms. The van der Waals surface area contributed by atoms with Crippen LogP contribution in [0.2, 0.25) is 0 Å². The van der Waals surface area contributed by atoms with Crippen LogP contribution >= 0.6 is 0 Å². The van der Waals surface area contributed by atoms with Crippen molar-refractivity contribution in [3.8, 4) is 0 Å². The smallest absolute Gasteiger partial charge is 0.324 e. The summed E-state index contributed by atoms with van der Waals surface area (Å²) >= 11 is 0. The molecule has 5 nitrogen and oxygen atoms in total. The number of sulfonamides is 1. The Morgan fingerprint density at radius 2 is 1.72 bits per heavy atom. The Bertz CT molecular complexity index is 423. The van der Waals surface area contributed by atoms with Crippen LogP contribution in [0.25, 0.3) is 0 Å². The maximum atomic E-state index is 12.3. The topological polar surface area (TPSA) is 83.5 Å². The zero-order valence-electron chi connectivity index (χ0n) is 10.7. The zero-order valence-corrected chi connectivity index (χ0v) is 11.5. The zero-order chi connectivity index (χ0) is 13.4. The van der Waals surface area contributed by atoms with Crippen molar-refractivity contribution in [1.29, 1.82) is 0 Å². The van der Waals surface area contributed by atoms with Crippen molar-refractivity contribution in [3.63, 3.8) is 0 Å². The maximum Gasteiger partial charge on any atom is 0.324 e. The molecule has 2 fully saturated rings. The molecule has 18 heavy (non-hydrogen) atoms. The predicted octanol–water partition coefficient (Wildman–Crippen LogP) is 1.49. The number of nitrogens with one attached hydrogen (secondary N) is 1. The van der Waals surface area contributed by atoms with Crippen molar-refractivity contribution >= 4 is 16.0 Å². The van der Waals surface area contributed by atoms with Gasteiger partial charge in [-0.05, 0) is 38.5 Å². The van der Waals surface area contributed by atoms with Crippen LogP contribution in [0.3, 0.4) is 0 Å². The standard InChI is InChI=1S/C12H21NO4S/c1-12(11(14)15,9-7-8-9)13-18(16,17)10-5-3-2-4-6-10/h9-10,13H,2-8H2,1H3,(H,14,15).